The van der Waals surface area contributed by atoms with E-state index in [1.165, 1.54) is 12.4 Å². The molecule has 3 rings (SSSR count). The number of carbonyl (C=O) groups is 1. The predicted molar refractivity (Wildman–Crippen MR) is 82.8 cm³/mol. The van der Waals surface area contributed by atoms with Gasteiger partial charge in [0.1, 0.15) is 18.1 Å². The number of hydrogen-bond donors (Lipinski definition) is 1. The molecule has 0 fully saturated rings. The van der Waals surface area contributed by atoms with Crippen molar-refractivity contribution in [2.45, 2.75) is 13.5 Å². The van der Waals surface area contributed by atoms with Gasteiger partial charge in [0.05, 0.1) is 28.7 Å². The Balaban J connectivity index is 1.79. The molecule has 0 aromatic carbocycles. The normalized spacial score (nSPS) is 10.6. The van der Waals surface area contributed by atoms with E-state index in [0.29, 0.717) is 27.7 Å². The zero-order chi connectivity index (χ0) is 17.1. The minimum Gasteiger partial charge on any atom is -0.476 e. The Morgan fingerprint density at radius 2 is 2.08 bits per heavy atom. The Morgan fingerprint density at radius 1 is 1.25 bits per heavy atom. The first-order valence-corrected chi connectivity index (χ1v) is 7.17. The molecule has 0 aliphatic heterocycles. The molecule has 122 valence electrons. The summed E-state index contributed by atoms with van der Waals surface area (Å²) in [4.78, 5) is 22.6. The van der Waals surface area contributed by atoms with Crippen molar-refractivity contribution in [3.8, 4) is 17.3 Å². The van der Waals surface area contributed by atoms with Crippen LogP contribution in [0.15, 0.2) is 35.2 Å². The van der Waals surface area contributed by atoms with Crippen LogP contribution in [0, 0.1) is 6.92 Å². The van der Waals surface area contributed by atoms with Gasteiger partial charge in [0.15, 0.2) is 5.69 Å². The van der Waals surface area contributed by atoms with Crippen molar-refractivity contribution in [1.82, 2.24) is 20.1 Å². The number of rotatable bonds is 5. The molecule has 0 aliphatic carbocycles. The summed E-state index contributed by atoms with van der Waals surface area (Å²) >= 11 is 5.83. The van der Waals surface area contributed by atoms with Crippen molar-refractivity contribution in [1.29, 1.82) is 0 Å². The zero-order valence-electron chi connectivity index (χ0n) is 12.4. The van der Waals surface area contributed by atoms with Gasteiger partial charge in [-0.1, -0.05) is 16.8 Å². The number of halogens is 1. The van der Waals surface area contributed by atoms with Crippen molar-refractivity contribution in [3.63, 3.8) is 0 Å². The lowest BCUT2D eigenvalue weighted by Crippen LogP contribution is -2.04. The standard InChI is InChI=1S/C15H11ClN4O4/c1-8-10(7-23-13-6-18-12(5-19-13)15(21)22)14(20-24-8)11-3-2-9(16)4-17-11/h2-6H,7H2,1H3,(H,21,22). The molecule has 0 saturated heterocycles. The minimum atomic E-state index is -1.15. The van der Waals surface area contributed by atoms with Crippen molar-refractivity contribution in [2.75, 3.05) is 0 Å². The van der Waals surface area contributed by atoms with Crippen LogP contribution in [-0.2, 0) is 6.61 Å². The Labute approximate surface area is 141 Å². The maximum absolute atomic E-state index is 10.7. The number of ether oxygens (including phenoxy) is 1. The first-order chi connectivity index (χ1) is 11.5. The van der Waals surface area contributed by atoms with Crippen LogP contribution in [-0.4, -0.2) is 31.2 Å². The molecule has 3 aromatic heterocycles. The summed E-state index contributed by atoms with van der Waals surface area (Å²) in [6.45, 7) is 1.88. The number of nitrogens with zero attached hydrogens (tertiary/aromatic N) is 4. The number of pyridine rings is 1. The molecule has 24 heavy (non-hydrogen) atoms. The van der Waals surface area contributed by atoms with Gasteiger partial charge in [-0.3, -0.25) is 4.98 Å². The van der Waals surface area contributed by atoms with Crippen LogP contribution in [0.1, 0.15) is 21.8 Å². The molecular weight excluding hydrogens is 336 g/mol. The number of aromatic carboxylic acids is 1. The molecule has 0 unspecified atom stereocenters. The van der Waals surface area contributed by atoms with Gasteiger partial charge in [-0.05, 0) is 19.1 Å². The monoisotopic (exact) mass is 346 g/mol. The van der Waals surface area contributed by atoms with Crippen LogP contribution in [0.3, 0.4) is 0 Å². The van der Waals surface area contributed by atoms with E-state index >= 15 is 0 Å². The average Bonchev–Trinajstić information content (AvgIpc) is 2.95. The fourth-order valence-electron chi connectivity index (χ4n) is 1.93. The first-order valence-electron chi connectivity index (χ1n) is 6.80. The number of hydrogen-bond acceptors (Lipinski definition) is 7. The molecule has 0 aliphatic rings. The zero-order valence-corrected chi connectivity index (χ0v) is 13.2. The highest BCUT2D eigenvalue weighted by Crippen LogP contribution is 2.25. The van der Waals surface area contributed by atoms with E-state index in [0.717, 1.165) is 6.20 Å². The molecule has 3 aromatic rings. The van der Waals surface area contributed by atoms with Gasteiger partial charge in [0.2, 0.25) is 5.88 Å². The van der Waals surface area contributed by atoms with E-state index < -0.39 is 5.97 Å². The summed E-state index contributed by atoms with van der Waals surface area (Å²) in [5.74, 6) is -0.382. The van der Waals surface area contributed by atoms with Gasteiger partial charge < -0.3 is 14.4 Å². The summed E-state index contributed by atoms with van der Waals surface area (Å²) in [6.07, 6.45) is 3.88. The fraction of sp³-hybridized carbons (Fsp3) is 0.133. The molecule has 8 nitrogen and oxygen atoms in total. The number of carboxylic acids is 1. The first kappa shape index (κ1) is 15.9. The third kappa shape index (κ3) is 3.33. The highest BCUT2D eigenvalue weighted by atomic mass is 35.5. The fourth-order valence-corrected chi connectivity index (χ4v) is 2.04. The van der Waals surface area contributed by atoms with Gasteiger partial charge in [-0.15, -0.1) is 0 Å². The molecule has 0 bridgehead atoms. The van der Waals surface area contributed by atoms with Crippen LogP contribution in [0.5, 0.6) is 5.88 Å². The van der Waals surface area contributed by atoms with Gasteiger partial charge in [0.25, 0.3) is 0 Å². The van der Waals surface area contributed by atoms with E-state index in [2.05, 4.69) is 20.1 Å². The lowest BCUT2D eigenvalue weighted by Gasteiger charge is -2.05. The third-order valence-corrected chi connectivity index (χ3v) is 3.39. The summed E-state index contributed by atoms with van der Waals surface area (Å²) in [6, 6.07) is 3.43. The largest absolute Gasteiger partial charge is 0.476 e. The SMILES string of the molecule is Cc1onc(-c2ccc(Cl)cn2)c1COc1cnc(C(=O)O)cn1. The second-order valence-corrected chi connectivity index (χ2v) is 5.20. The van der Waals surface area contributed by atoms with Crippen molar-refractivity contribution in [2.24, 2.45) is 0 Å². The smallest absolute Gasteiger partial charge is 0.356 e. The number of aryl methyl sites for hydroxylation is 1. The second-order valence-electron chi connectivity index (χ2n) is 4.76. The highest BCUT2D eigenvalue weighted by molar-refractivity contribution is 6.30. The van der Waals surface area contributed by atoms with E-state index in [-0.39, 0.29) is 18.2 Å². The predicted octanol–water partition coefficient (Wildman–Crippen LogP) is 2.77. The summed E-state index contributed by atoms with van der Waals surface area (Å²) in [5.41, 5.74) is 1.69. The summed E-state index contributed by atoms with van der Waals surface area (Å²) < 4.78 is 10.7. The molecule has 0 saturated carbocycles. The van der Waals surface area contributed by atoms with Crippen LogP contribution in [0.25, 0.3) is 11.4 Å². The molecule has 0 spiro atoms. The van der Waals surface area contributed by atoms with Gasteiger partial charge >= 0.3 is 5.97 Å². The van der Waals surface area contributed by atoms with Crippen LogP contribution >= 0.6 is 11.6 Å². The van der Waals surface area contributed by atoms with E-state index in [1.807, 2.05) is 0 Å². The Morgan fingerprint density at radius 3 is 2.71 bits per heavy atom. The molecular formula is C15H11ClN4O4. The number of aromatic nitrogens is 4. The van der Waals surface area contributed by atoms with Gasteiger partial charge in [0, 0.05) is 6.20 Å². The molecule has 1 N–H and O–H groups in total. The Bertz CT molecular complexity index is 862. The Kier molecular flexibility index (Phi) is 4.39. The molecule has 0 amide bonds. The minimum absolute atomic E-state index is 0.121. The highest BCUT2D eigenvalue weighted by Gasteiger charge is 2.17. The Hall–Kier alpha value is -3.00. The maximum atomic E-state index is 10.7. The lowest BCUT2D eigenvalue weighted by molar-refractivity contribution is 0.0689. The van der Waals surface area contributed by atoms with Crippen LogP contribution in [0.2, 0.25) is 5.02 Å². The van der Waals surface area contributed by atoms with Crippen molar-refractivity contribution < 1.29 is 19.2 Å². The molecule has 0 atom stereocenters. The third-order valence-electron chi connectivity index (χ3n) is 3.17. The average molecular weight is 347 g/mol. The molecule has 0 radical (unpaired) electrons. The van der Waals surface area contributed by atoms with Gasteiger partial charge in [-0.2, -0.15) is 0 Å². The topological polar surface area (TPSA) is 111 Å². The summed E-state index contributed by atoms with van der Waals surface area (Å²) in [7, 11) is 0. The van der Waals surface area contributed by atoms with E-state index in [1.54, 1.807) is 19.1 Å². The number of carboxylic acid groups (broad SMARTS) is 1. The molecule has 9 heteroatoms. The summed E-state index contributed by atoms with van der Waals surface area (Å²) in [5, 5.41) is 13.3. The van der Waals surface area contributed by atoms with Crippen molar-refractivity contribution >= 4 is 17.6 Å². The quantitative estimate of drug-likeness (QED) is 0.750. The van der Waals surface area contributed by atoms with Crippen LogP contribution in [0.4, 0.5) is 0 Å². The van der Waals surface area contributed by atoms with E-state index in [9.17, 15) is 4.79 Å². The molecule has 3 heterocycles. The van der Waals surface area contributed by atoms with Gasteiger partial charge in [-0.25, -0.2) is 14.8 Å². The van der Waals surface area contributed by atoms with Crippen LogP contribution < -0.4 is 4.74 Å². The lowest BCUT2D eigenvalue weighted by atomic mass is 10.1. The van der Waals surface area contributed by atoms with Crippen molar-refractivity contribution in [3.05, 3.63) is 52.8 Å². The second kappa shape index (κ2) is 6.63. The maximum Gasteiger partial charge on any atom is 0.356 e. The van der Waals surface area contributed by atoms with E-state index in [4.69, 9.17) is 26.0 Å².